The number of hydrogen-bond donors (Lipinski definition) is 2. The molecule has 2 aromatic rings. The van der Waals surface area contributed by atoms with Gasteiger partial charge in [0, 0.05) is 0 Å². The third kappa shape index (κ3) is 3.17. The largest absolute Gasteiger partial charge is 0.484 e. The minimum absolute atomic E-state index is 0.114. The molecule has 0 radical (unpaired) electrons. The molecule has 0 atom stereocenters. The van der Waals surface area contributed by atoms with E-state index in [1.54, 1.807) is 13.0 Å². The maximum absolute atomic E-state index is 12.9. The maximum atomic E-state index is 12.9. The number of hydrogen-bond acceptors (Lipinski definition) is 4. The molecule has 0 unspecified atom stereocenters. The van der Waals surface area contributed by atoms with Gasteiger partial charge in [-0.2, -0.15) is 0 Å². The second kappa shape index (κ2) is 6.06. The average molecular weight is 343 g/mol. The van der Waals surface area contributed by atoms with E-state index in [9.17, 15) is 9.18 Å². The summed E-state index contributed by atoms with van der Waals surface area (Å²) in [4.78, 5) is 11.4. The summed E-state index contributed by atoms with van der Waals surface area (Å²) in [6.07, 6.45) is 0. The van der Waals surface area contributed by atoms with Crippen molar-refractivity contribution in [2.75, 3.05) is 0 Å². The fourth-order valence-electron chi connectivity index (χ4n) is 1.66. The van der Waals surface area contributed by atoms with Crippen LogP contribution in [0, 0.1) is 12.7 Å². The first-order valence-corrected chi connectivity index (χ1v) is 6.48. The van der Waals surface area contributed by atoms with Crippen molar-refractivity contribution in [1.82, 2.24) is 5.43 Å². The Balaban J connectivity index is 2.09. The molecule has 0 spiro atoms. The summed E-state index contributed by atoms with van der Waals surface area (Å²) in [5.41, 5.74) is 2.39. The van der Waals surface area contributed by atoms with Crippen LogP contribution in [0.2, 0.25) is 0 Å². The normalized spacial score (nSPS) is 10.4. The summed E-state index contributed by atoms with van der Waals surface area (Å²) >= 11 is 3.20. The Bertz CT molecular complexity index is 643. The third-order valence-corrected chi connectivity index (χ3v) is 3.23. The second-order valence-corrected chi connectivity index (χ2v) is 4.87. The molecular formula is C13H12BrFN2O3. The number of amides is 1. The van der Waals surface area contributed by atoms with Gasteiger partial charge in [-0.25, -0.2) is 10.2 Å². The van der Waals surface area contributed by atoms with E-state index in [-0.39, 0.29) is 12.4 Å². The molecule has 1 aromatic carbocycles. The highest BCUT2D eigenvalue weighted by Crippen LogP contribution is 2.26. The van der Waals surface area contributed by atoms with E-state index in [4.69, 9.17) is 15.0 Å². The van der Waals surface area contributed by atoms with Crippen LogP contribution in [0.1, 0.15) is 21.9 Å². The predicted octanol–water partition coefficient (Wildman–Crippen LogP) is 2.67. The highest BCUT2D eigenvalue weighted by atomic mass is 79.9. The van der Waals surface area contributed by atoms with Crippen molar-refractivity contribution in [2.24, 2.45) is 5.84 Å². The van der Waals surface area contributed by atoms with E-state index in [2.05, 4.69) is 15.9 Å². The van der Waals surface area contributed by atoms with Crippen molar-refractivity contribution in [3.8, 4) is 5.75 Å². The lowest BCUT2D eigenvalue weighted by Gasteiger charge is -2.06. The van der Waals surface area contributed by atoms with E-state index < -0.39 is 5.91 Å². The Labute approximate surface area is 123 Å². The lowest BCUT2D eigenvalue weighted by Crippen LogP contribution is -2.30. The fraction of sp³-hybridized carbons (Fsp3) is 0.154. The molecule has 1 heterocycles. The zero-order valence-corrected chi connectivity index (χ0v) is 12.2. The monoisotopic (exact) mass is 342 g/mol. The van der Waals surface area contributed by atoms with Crippen molar-refractivity contribution in [3.63, 3.8) is 0 Å². The minimum Gasteiger partial charge on any atom is -0.484 e. The van der Waals surface area contributed by atoms with Gasteiger partial charge < -0.3 is 9.15 Å². The number of nitrogen functional groups attached to an aromatic ring is 1. The molecular weight excluding hydrogens is 331 g/mol. The van der Waals surface area contributed by atoms with Crippen LogP contribution in [0.5, 0.6) is 5.75 Å². The van der Waals surface area contributed by atoms with Crippen molar-refractivity contribution in [3.05, 3.63) is 51.6 Å². The molecule has 0 saturated heterocycles. The Morgan fingerprint density at radius 2 is 2.25 bits per heavy atom. The first-order valence-electron chi connectivity index (χ1n) is 5.69. The van der Waals surface area contributed by atoms with Gasteiger partial charge in [0.1, 0.15) is 29.7 Å². The minimum atomic E-state index is -0.430. The summed E-state index contributed by atoms with van der Waals surface area (Å²) < 4.78 is 24.3. The summed E-state index contributed by atoms with van der Waals surface area (Å²) in [6.45, 7) is 1.77. The van der Waals surface area contributed by atoms with Crippen molar-refractivity contribution in [2.45, 2.75) is 13.5 Å². The molecule has 0 bridgehead atoms. The van der Waals surface area contributed by atoms with Crippen LogP contribution in [-0.4, -0.2) is 5.91 Å². The van der Waals surface area contributed by atoms with Gasteiger partial charge in [-0.05, 0) is 47.1 Å². The average Bonchev–Trinajstić information content (AvgIpc) is 2.78. The number of ether oxygens (including phenoxy) is 1. The highest BCUT2D eigenvalue weighted by Gasteiger charge is 2.14. The molecule has 0 fully saturated rings. The summed E-state index contributed by atoms with van der Waals surface area (Å²) in [7, 11) is 0. The molecule has 0 aliphatic heterocycles. The maximum Gasteiger partial charge on any atom is 0.268 e. The van der Waals surface area contributed by atoms with Crippen molar-refractivity contribution in [1.29, 1.82) is 0 Å². The molecule has 106 valence electrons. The molecule has 1 aromatic heterocycles. The second-order valence-electron chi connectivity index (χ2n) is 4.02. The van der Waals surface area contributed by atoms with Gasteiger partial charge in [0.2, 0.25) is 0 Å². The van der Waals surface area contributed by atoms with Crippen LogP contribution in [0.25, 0.3) is 0 Å². The first-order chi connectivity index (χ1) is 9.51. The van der Waals surface area contributed by atoms with E-state index in [0.717, 1.165) is 0 Å². The fourth-order valence-corrected chi connectivity index (χ4v) is 2.12. The highest BCUT2D eigenvalue weighted by molar-refractivity contribution is 9.10. The Morgan fingerprint density at radius 3 is 2.90 bits per heavy atom. The topological polar surface area (TPSA) is 77.5 Å². The number of nitrogens with one attached hydrogen (secondary N) is 1. The van der Waals surface area contributed by atoms with Gasteiger partial charge in [0.15, 0.2) is 0 Å². The van der Waals surface area contributed by atoms with Crippen molar-refractivity contribution >= 4 is 21.8 Å². The number of benzene rings is 1. The molecule has 5 nitrogen and oxygen atoms in total. The number of aryl methyl sites for hydroxylation is 1. The lowest BCUT2D eigenvalue weighted by molar-refractivity contribution is 0.0952. The number of furan rings is 1. The summed E-state index contributed by atoms with van der Waals surface area (Å²) in [5.74, 6) is 5.67. The summed E-state index contributed by atoms with van der Waals surface area (Å²) in [6, 6.07) is 5.65. The van der Waals surface area contributed by atoms with Gasteiger partial charge in [-0.3, -0.25) is 10.2 Å². The van der Waals surface area contributed by atoms with Gasteiger partial charge in [-0.15, -0.1) is 0 Å². The molecule has 1 amide bonds. The smallest absolute Gasteiger partial charge is 0.268 e. The number of rotatable bonds is 4. The number of nitrogens with two attached hydrogens (primary N) is 1. The zero-order chi connectivity index (χ0) is 14.7. The first kappa shape index (κ1) is 14.5. The molecule has 3 N–H and O–H groups in total. The molecule has 20 heavy (non-hydrogen) atoms. The lowest BCUT2D eigenvalue weighted by atomic mass is 10.2. The SMILES string of the molecule is Cc1oc(COc2ccc(F)cc2Br)cc1C(=O)NN. The van der Waals surface area contributed by atoms with Gasteiger partial charge >= 0.3 is 0 Å². The van der Waals surface area contributed by atoms with Gasteiger partial charge in [0.05, 0.1) is 10.0 Å². The Hall–Kier alpha value is -1.86. The van der Waals surface area contributed by atoms with Gasteiger partial charge in [0.25, 0.3) is 5.91 Å². The van der Waals surface area contributed by atoms with E-state index >= 15 is 0 Å². The molecule has 2 rings (SSSR count). The van der Waals surface area contributed by atoms with E-state index in [0.29, 0.717) is 27.3 Å². The number of carbonyl (C=O) groups is 1. The van der Waals surface area contributed by atoms with Crippen molar-refractivity contribution < 1.29 is 18.3 Å². The number of hydrazine groups is 1. The van der Waals surface area contributed by atoms with Crippen LogP contribution in [0.3, 0.4) is 0 Å². The van der Waals surface area contributed by atoms with Gasteiger partial charge in [-0.1, -0.05) is 0 Å². The van der Waals surface area contributed by atoms with Crippen LogP contribution in [0.15, 0.2) is 33.2 Å². The zero-order valence-electron chi connectivity index (χ0n) is 10.6. The number of halogens is 2. The van der Waals surface area contributed by atoms with E-state index in [1.807, 2.05) is 5.43 Å². The predicted molar refractivity (Wildman–Crippen MR) is 73.5 cm³/mol. The standard InChI is InChI=1S/C13H12BrFN2O3/c1-7-10(13(18)17-16)5-9(20-7)6-19-12-3-2-8(15)4-11(12)14/h2-5H,6,16H2,1H3,(H,17,18). The third-order valence-electron chi connectivity index (χ3n) is 2.61. The molecule has 7 heteroatoms. The van der Waals surface area contributed by atoms with Crippen LogP contribution in [-0.2, 0) is 6.61 Å². The molecule has 0 aliphatic rings. The van der Waals surface area contributed by atoms with Crippen LogP contribution >= 0.6 is 15.9 Å². The Kier molecular flexibility index (Phi) is 4.41. The quantitative estimate of drug-likeness (QED) is 0.508. The summed E-state index contributed by atoms with van der Waals surface area (Å²) in [5, 5.41) is 0. The van der Waals surface area contributed by atoms with E-state index in [1.165, 1.54) is 18.2 Å². The Morgan fingerprint density at radius 1 is 1.50 bits per heavy atom. The van der Waals surface area contributed by atoms with Crippen LogP contribution < -0.4 is 16.0 Å². The molecule has 0 aliphatic carbocycles. The van der Waals surface area contributed by atoms with Crippen LogP contribution in [0.4, 0.5) is 4.39 Å². The number of carbonyl (C=O) groups excluding carboxylic acids is 1. The molecule has 0 saturated carbocycles.